The van der Waals surface area contributed by atoms with Crippen molar-refractivity contribution in [2.75, 3.05) is 7.11 Å². The summed E-state index contributed by atoms with van der Waals surface area (Å²) in [6, 6.07) is 36.0. The highest BCUT2D eigenvalue weighted by Crippen LogP contribution is 2.51. The molecule has 0 amide bonds. The molecule has 5 aromatic rings. The standard InChI is InChI=1S/C35H32O3.CO2/c1-35(2)22-29-33-28(21-31(36-3)34(29)38-35)30(37-23-25-15-9-5-10-16-25)20-27(19-24-13-7-4-8-14-24)32(33)26-17-11-6-12-18-26;2-1-3/h4-18,20-21H,19,22-23H2,1-3H3;. The summed E-state index contributed by atoms with van der Waals surface area (Å²) < 4.78 is 18.9. The number of rotatable bonds is 7. The maximum absolute atomic E-state index is 8.12. The lowest BCUT2D eigenvalue weighted by Gasteiger charge is -2.21. The Bertz CT molecular complexity index is 1670. The summed E-state index contributed by atoms with van der Waals surface area (Å²) in [6.45, 7) is 4.77. The van der Waals surface area contributed by atoms with Gasteiger partial charge in [-0.25, -0.2) is 0 Å². The van der Waals surface area contributed by atoms with Crippen LogP contribution >= 0.6 is 0 Å². The molecule has 0 saturated carbocycles. The molecule has 1 aliphatic rings. The minimum Gasteiger partial charge on any atom is -0.493 e. The number of benzene rings is 5. The number of fused-ring (bicyclic) bond motifs is 3. The van der Waals surface area contributed by atoms with Gasteiger partial charge in [0.2, 0.25) is 0 Å². The first-order valence-electron chi connectivity index (χ1n) is 13.6. The second-order valence-electron chi connectivity index (χ2n) is 10.6. The SMILES string of the molecule is COc1cc2c(OCc3ccccc3)cc(Cc3ccccc3)c(-c3ccccc3)c2c2c1OC(C)(C)C2.O=C=O. The van der Waals surface area contributed by atoms with Crippen LogP contribution < -0.4 is 14.2 Å². The third-order valence-corrected chi connectivity index (χ3v) is 7.22. The lowest BCUT2D eigenvalue weighted by atomic mass is 9.85. The Hall–Kier alpha value is -4.86. The van der Waals surface area contributed by atoms with E-state index in [9.17, 15) is 0 Å². The van der Waals surface area contributed by atoms with E-state index < -0.39 is 0 Å². The van der Waals surface area contributed by atoms with E-state index in [1.165, 1.54) is 33.2 Å². The zero-order valence-corrected chi connectivity index (χ0v) is 23.5. The predicted molar refractivity (Wildman–Crippen MR) is 159 cm³/mol. The van der Waals surface area contributed by atoms with Gasteiger partial charge in [0.15, 0.2) is 11.5 Å². The molecule has 0 aromatic heterocycles. The number of carbonyl (C=O) groups excluding carboxylic acids is 2. The molecule has 0 unspecified atom stereocenters. The molecule has 0 N–H and O–H groups in total. The van der Waals surface area contributed by atoms with Crippen molar-refractivity contribution in [3.63, 3.8) is 0 Å². The molecule has 0 aliphatic carbocycles. The average molecular weight is 545 g/mol. The highest BCUT2D eigenvalue weighted by Gasteiger charge is 2.36. The third-order valence-electron chi connectivity index (χ3n) is 7.22. The monoisotopic (exact) mass is 544 g/mol. The van der Waals surface area contributed by atoms with Gasteiger partial charge < -0.3 is 14.2 Å². The first-order chi connectivity index (χ1) is 19.9. The van der Waals surface area contributed by atoms with Crippen molar-refractivity contribution in [3.8, 4) is 28.4 Å². The fourth-order valence-corrected chi connectivity index (χ4v) is 5.56. The molecule has 5 heteroatoms. The van der Waals surface area contributed by atoms with Crippen LogP contribution in [0.1, 0.15) is 36.1 Å². The van der Waals surface area contributed by atoms with Crippen molar-refractivity contribution < 1.29 is 23.8 Å². The number of methoxy groups -OCH3 is 1. The van der Waals surface area contributed by atoms with E-state index in [0.29, 0.717) is 6.61 Å². The zero-order valence-electron chi connectivity index (χ0n) is 23.5. The Balaban J connectivity index is 0.00000108. The molecular weight excluding hydrogens is 512 g/mol. The van der Waals surface area contributed by atoms with Crippen LogP contribution in [0.4, 0.5) is 0 Å². The van der Waals surface area contributed by atoms with Crippen LogP contribution in [0.3, 0.4) is 0 Å². The van der Waals surface area contributed by atoms with E-state index in [1.807, 2.05) is 18.2 Å². The summed E-state index contributed by atoms with van der Waals surface area (Å²) in [4.78, 5) is 16.2. The highest BCUT2D eigenvalue weighted by atomic mass is 16.5. The van der Waals surface area contributed by atoms with Crippen LogP contribution in [0.15, 0.2) is 103 Å². The summed E-state index contributed by atoms with van der Waals surface area (Å²) in [6.07, 6.45) is 1.84. The van der Waals surface area contributed by atoms with E-state index in [-0.39, 0.29) is 11.8 Å². The Labute approximate surface area is 240 Å². The molecule has 5 nitrogen and oxygen atoms in total. The van der Waals surface area contributed by atoms with Gasteiger partial charge in [-0.1, -0.05) is 91.0 Å². The molecule has 206 valence electrons. The van der Waals surface area contributed by atoms with Crippen molar-refractivity contribution in [1.29, 1.82) is 0 Å². The van der Waals surface area contributed by atoms with E-state index in [4.69, 9.17) is 23.8 Å². The van der Waals surface area contributed by atoms with Crippen LogP contribution in [0.5, 0.6) is 17.2 Å². The van der Waals surface area contributed by atoms with Gasteiger partial charge in [0.05, 0.1) is 7.11 Å². The fraction of sp³-hybridized carbons (Fsp3) is 0.194. The second-order valence-corrected chi connectivity index (χ2v) is 10.6. The fourth-order valence-electron chi connectivity index (χ4n) is 5.56. The Morgan fingerprint density at radius 3 is 2.00 bits per heavy atom. The van der Waals surface area contributed by atoms with E-state index >= 15 is 0 Å². The van der Waals surface area contributed by atoms with Crippen LogP contribution in [0.2, 0.25) is 0 Å². The Morgan fingerprint density at radius 2 is 1.39 bits per heavy atom. The minimum absolute atomic E-state index is 0.250. The molecule has 0 fully saturated rings. The molecular formula is C36H32O5. The lowest BCUT2D eigenvalue weighted by molar-refractivity contribution is -0.191. The van der Waals surface area contributed by atoms with Crippen molar-refractivity contribution in [3.05, 3.63) is 125 Å². The van der Waals surface area contributed by atoms with Crippen molar-refractivity contribution in [2.45, 2.75) is 38.9 Å². The first kappa shape index (κ1) is 27.7. The third kappa shape index (κ3) is 6.01. The Morgan fingerprint density at radius 1 is 0.805 bits per heavy atom. The van der Waals surface area contributed by atoms with E-state index in [0.717, 1.165) is 41.0 Å². The molecule has 1 aliphatic heterocycles. The van der Waals surface area contributed by atoms with Gasteiger partial charge in [0, 0.05) is 22.8 Å². The average Bonchev–Trinajstić information content (AvgIpc) is 3.32. The number of hydrogen-bond donors (Lipinski definition) is 0. The van der Waals surface area contributed by atoms with Crippen LogP contribution in [0, 0.1) is 0 Å². The summed E-state index contributed by atoms with van der Waals surface area (Å²) in [5.74, 6) is 2.45. The number of hydrogen-bond acceptors (Lipinski definition) is 5. The molecule has 5 aromatic carbocycles. The summed E-state index contributed by atoms with van der Waals surface area (Å²) in [5, 5.41) is 2.24. The maximum atomic E-state index is 8.12. The van der Waals surface area contributed by atoms with Crippen molar-refractivity contribution in [1.82, 2.24) is 0 Å². The summed E-state index contributed by atoms with van der Waals surface area (Å²) >= 11 is 0. The largest absolute Gasteiger partial charge is 0.493 e. The highest BCUT2D eigenvalue weighted by molar-refractivity contribution is 6.06. The molecule has 0 bridgehead atoms. The summed E-state index contributed by atoms with van der Waals surface area (Å²) in [7, 11) is 1.71. The number of ether oxygens (including phenoxy) is 3. The van der Waals surface area contributed by atoms with Gasteiger partial charge >= 0.3 is 6.15 Å². The van der Waals surface area contributed by atoms with E-state index in [2.05, 4.69) is 98.8 Å². The van der Waals surface area contributed by atoms with Gasteiger partial charge in [-0.3, -0.25) is 0 Å². The van der Waals surface area contributed by atoms with Crippen molar-refractivity contribution in [2.24, 2.45) is 0 Å². The predicted octanol–water partition coefficient (Wildman–Crippen LogP) is 7.82. The summed E-state index contributed by atoms with van der Waals surface area (Å²) in [5.41, 5.74) is 6.91. The van der Waals surface area contributed by atoms with E-state index in [1.54, 1.807) is 7.11 Å². The Kier molecular flexibility index (Phi) is 8.19. The van der Waals surface area contributed by atoms with Gasteiger partial charge in [-0.15, -0.1) is 0 Å². The minimum atomic E-state index is -0.321. The zero-order chi connectivity index (χ0) is 28.8. The quantitative estimate of drug-likeness (QED) is 0.209. The molecule has 6 rings (SSSR count). The maximum Gasteiger partial charge on any atom is 0.373 e. The van der Waals surface area contributed by atoms with Crippen LogP contribution in [-0.2, 0) is 29.0 Å². The smallest absolute Gasteiger partial charge is 0.373 e. The van der Waals surface area contributed by atoms with Gasteiger partial charge in [-0.05, 0) is 60.2 Å². The molecule has 41 heavy (non-hydrogen) atoms. The first-order valence-corrected chi connectivity index (χ1v) is 13.6. The molecule has 0 saturated heterocycles. The second kappa shape index (κ2) is 12.1. The topological polar surface area (TPSA) is 61.8 Å². The molecule has 1 heterocycles. The lowest BCUT2D eigenvalue weighted by Crippen LogP contribution is -2.24. The van der Waals surface area contributed by atoms with Crippen LogP contribution in [-0.4, -0.2) is 18.9 Å². The molecule has 0 radical (unpaired) electrons. The van der Waals surface area contributed by atoms with Crippen LogP contribution in [0.25, 0.3) is 21.9 Å². The molecule has 0 atom stereocenters. The van der Waals surface area contributed by atoms with Crippen molar-refractivity contribution >= 4 is 16.9 Å². The van der Waals surface area contributed by atoms with Gasteiger partial charge in [0.25, 0.3) is 0 Å². The van der Waals surface area contributed by atoms with Gasteiger partial charge in [0.1, 0.15) is 18.0 Å². The van der Waals surface area contributed by atoms with Gasteiger partial charge in [-0.2, -0.15) is 9.59 Å². The molecule has 0 spiro atoms. The normalized spacial score (nSPS) is 12.9.